The van der Waals surface area contributed by atoms with Gasteiger partial charge in [0.25, 0.3) is 0 Å². The molecule has 6 heteroatoms. The molecule has 0 atom stereocenters. The fraction of sp³-hybridized carbons (Fsp3) is 0.100. The largest absolute Gasteiger partial charge is 0.426 e. The molecular weight excluding hydrogens is 214 g/mol. The van der Waals surface area contributed by atoms with Gasteiger partial charge in [0.05, 0.1) is 5.52 Å². The Morgan fingerprint density at radius 1 is 1.38 bits per heavy atom. The summed E-state index contributed by atoms with van der Waals surface area (Å²) in [6, 6.07) is 4.51. The fourth-order valence-electron chi connectivity index (χ4n) is 1.36. The number of hydrogen-bond donors (Lipinski definition) is 1. The van der Waals surface area contributed by atoms with E-state index in [4.69, 9.17) is 4.74 Å². The van der Waals surface area contributed by atoms with Crippen molar-refractivity contribution in [3.63, 3.8) is 0 Å². The van der Waals surface area contributed by atoms with Gasteiger partial charge in [-0.15, -0.1) is 0 Å². The maximum atomic E-state index is 11.4. The van der Waals surface area contributed by atoms with Crippen LogP contribution in [-0.2, 0) is 4.79 Å². The average molecular weight is 221 g/mol. The summed E-state index contributed by atoms with van der Waals surface area (Å²) in [5.74, 6) is -1.34. The first kappa shape index (κ1) is 10.2. The van der Waals surface area contributed by atoms with E-state index in [1.807, 2.05) is 0 Å². The topological polar surface area (TPSA) is 89.4 Å². The molecule has 0 spiro atoms. The van der Waals surface area contributed by atoms with Gasteiger partial charge in [-0.1, -0.05) is 6.07 Å². The first-order valence-corrected chi connectivity index (χ1v) is 4.42. The first-order valence-electron chi connectivity index (χ1n) is 4.42. The van der Waals surface area contributed by atoms with Gasteiger partial charge < -0.3 is 9.15 Å². The van der Waals surface area contributed by atoms with Crippen molar-refractivity contribution < 1.29 is 13.9 Å². The minimum atomic E-state index is -0.850. The van der Waals surface area contributed by atoms with Crippen molar-refractivity contribution in [2.75, 3.05) is 0 Å². The van der Waals surface area contributed by atoms with Crippen molar-refractivity contribution in [2.45, 2.75) is 6.92 Å². The number of carbonyl (C=O) groups is 1. The highest BCUT2D eigenvalue weighted by atomic mass is 16.5. The molecule has 16 heavy (non-hydrogen) atoms. The van der Waals surface area contributed by atoms with Crippen LogP contribution in [0.4, 0.5) is 0 Å². The van der Waals surface area contributed by atoms with Crippen molar-refractivity contribution in [1.82, 2.24) is 4.98 Å². The molecule has 0 saturated heterocycles. The molecule has 0 fully saturated rings. The molecule has 1 heterocycles. The van der Waals surface area contributed by atoms with E-state index >= 15 is 0 Å². The molecule has 0 aliphatic carbocycles. The minimum absolute atomic E-state index is 0.0392. The summed E-state index contributed by atoms with van der Waals surface area (Å²) in [5.41, 5.74) is -0.574. The van der Waals surface area contributed by atoms with Gasteiger partial charge in [-0.2, -0.15) is 0 Å². The highest BCUT2D eigenvalue weighted by Crippen LogP contribution is 2.19. The van der Waals surface area contributed by atoms with Crippen molar-refractivity contribution >= 4 is 16.9 Å². The molecule has 0 amide bonds. The molecule has 1 aromatic heterocycles. The summed E-state index contributed by atoms with van der Waals surface area (Å²) >= 11 is 0. The Balaban J connectivity index is 2.82. The van der Waals surface area contributed by atoms with Crippen molar-refractivity contribution in [1.29, 1.82) is 0 Å². The Hall–Kier alpha value is -2.37. The van der Waals surface area contributed by atoms with Crippen molar-refractivity contribution in [2.24, 2.45) is 0 Å². The molecule has 1 N–H and O–H groups in total. The van der Waals surface area contributed by atoms with E-state index in [0.717, 1.165) is 0 Å². The molecule has 0 aliphatic heterocycles. The number of ether oxygens (including phenoxy) is 1. The second kappa shape index (κ2) is 3.65. The summed E-state index contributed by atoms with van der Waals surface area (Å²) in [7, 11) is 0. The van der Waals surface area contributed by atoms with E-state index in [9.17, 15) is 14.4 Å². The molecule has 0 aliphatic rings. The number of carbonyl (C=O) groups excluding carboxylic acids is 1. The zero-order valence-electron chi connectivity index (χ0n) is 8.27. The number of aromatic nitrogens is 1. The SMILES string of the molecule is CC(=O)Oc1cccc2[nH]c(=O)oc(=O)c12. The molecule has 0 saturated carbocycles. The van der Waals surface area contributed by atoms with Crippen LogP contribution in [0.5, 0.6) is 5.75 Å². The first-order chi connectivity index (χ1) is 7.58. The lowest BCUT2D eigenvalue weighted by atomic mass is 10.2. The van der Waals surface area contributed by atoms with Crippen LogP contribution < -0.4 is 16.1 Å². The van der Waals surface area contributed by atoms with E-state index in [2.05, 4.69) is 9.40 Å². The number of hydrogen-bond acceptors (Lipinski definition) is 5. The van der Waals surface area contributed by atoms with E-state index < -0.39 is 17.4 Å². The highest BCUT2D eigenvalue weighted by molar-refractivity contribution is 5.86. The number of aromatic amines is 1. The molecule has 0 radical (unpaired) electrons. The summed E-state index contributed by atoms with van der Waals surface area (Å²) < 4.78 is 9.18. The minimum Gasteiger partial charge on any atom is -0.426 e. The predicted octanol–water partition coefficient (Wildman–Crippen LogP) is 0.407. The van der Waals surface area contributed by atoms with E-state index in [1.165, 1.54) is 19.1 Å². The van der Waals surface area contributed by atoms with Crippen LogP contribution in [0.15, 0.2) is 32.2 Å². The van der Waals surface area contributed by atoms with Crippen LogP contribution in [0.1, 0.15) is 6.92 Å². The van der Waals surface area contributed by atoms with E-state index in [1.54, 1.807) is 6.07 Å². The lowest BCUT2D eigenvalue weighted by molar-refractivity contribution is -0.131. The molecule has 82 valence electrons. The van der Waals surface area contributed by atoms with E-state index in [-0.39, 0.29) is 16.7 Å². The van der Waals surface area contributed by atoms with Gasteiger partial charge in [-0.25, -0.2) is 9.59 Å². The standard InChI is InChI=1S/C10H7NO5/c1-5(12)15-7-4-2-3-6-8(7)9(13)16-10(14)11-6/h2-4H,1H3,(H,11,14). The van der Waals surface area contributed by atoms with Gasteiger partial charge in [0, 0.05) is 6.92 Å². The molecule has 2 aromatic rings. The Labute approximate surface area is 88.5 Å². The Morgan fingerprint density at radius 2 is 2.12 bits per heavy atom. The van der Waals surface area contributed by atoms with Crippen molar-refractivity contribution in [3.8, 4) is 5.75 Å². The molecular formula is C10H7NO5. The van der Waals surface area contributed by atoms with Gasteiger partial charge >= 0.3 is 17.4 Å². The maximum Gasteiger partial charge on any atom is 0.419 e. The molecule has 6 nitrogen and oxygen atoms in total. The second-order valence-corrected chi connectivity index (χ2v) is 3.07. The summed E-state index contributed by atoms with van der Waals surface area (Å²) in [6.45, 7) is 1.21. The molecule has 2 rings (SSSR count). The Morgan fingerprint density at radius 3 is 2.81 bits per heavy atom. The van der Waals surface area contributed by atoms with Gasteiger partial charge in [0.15, 0.2) is 0 Å². The van der Waals surface area contributed by atoms with Crippen LogP contribution in [0.3, 0.4) is 0 Å². The summed E-state index contributed by atoms with van der Waals surface area (Å²) in [4.78, 5) is 35.5. The van der Waals surface area contributed by atoms with Crippen LogP contribution in [-0.4, -0.2) is 11.0 Å². The van der Waals surface area contributed by atoms with Crippen LogP contribution >= 0.6 is 0 Å². The number of rotatable bonds is 1. The van der Waals surface area contributed by atoms with Gasteiger partial charge in [0.2, 0.25) is 0 Å². The third kappa shape index (κ3) is 1.72. The van der Waals surface area contributed by atoms with Gasteiger partial charge in [-0.3, -0.25) is 9.78 Å². The Bertz CT molecular complexity index is 667. The monoisotopic (exact) mass is 221 g/mol. The zero-order valence-corrected chi connectivity index (χ0v) is 8.27. The number of fused-ring (bicyclic) bond motifs is 1. The van der Waals surface area contributed by atoms with Crippen LogP contribution in [0.25, 0.3) is 10.9 Å². The number of H-pyrrole nitrogens is 1. The average Bonchev–Trinajstić information content (AvgIpc) is 2.15. The lowest BCUT2D eigenvalue weighted by Crippen LogP contribution is -2.15. The van der Waals surface area contributed by atoms with E-state index in [0.29, 0.717) is 0 Å². The second-order valence-electron chi connectivity index (χ2n) is 3.07. The highest BCUT2D eigenvalue weighted by Gasteiger charge is 2.10. The molecule has 1 aromatic carbocycles. The lowest BCUT2D eigenvalue weighted by Gasteiger charge is -2.03. The summed E-state index contributed by atoms with van der Waals surface area (Å²) in [5, 5.41) is 0.0392. The van der Waals surface area contributed by atoms with Crippen LogP contribution in [0.2, 0.25) is 0 Å². The third-order valence-corrected chi connectivity index (χ3v) is 1.91. The number of nitrogens with one attached hydrogen (secondary N) is 1. The molecule has 0 bridgehead atoms. The Kier molecular flexibility index (Phi) is 2.32. The smallest absolute Gasteiger partial charge is 0.419 e. The summed E-state index contributed by atoms with van der Waals surface area (Å²) in [6.07, 6.45) is 0. The van der Waals surface area contributed by atoms with Gasteiger partial charge in [-0.05, 0) is 12.1 Å². The van der Waals surface area contributed by atoms with Crippen molar-refractivity contribution in [3.05, 3.63) is 39.2 Å². The molecule has 0 unspecified atom stereocenters. The number of benzene rings is 1. The van der Waals surface area contributed by atoms with Gasteiger partial charge in [0.1, 0.15) is 11.1 Å². The van der Waals surface area contributed by atoms with Crippen LogP contribution in [0, 0.1) is 0 Å². The number of esters is 1. The predicted molar refractivity (Wildman–Crippen MR) is 54.4 cm³/mol. The zero-order chi connectivity index (χ0) is 11.7. The maximum absolute atomic E-state index is 11.4. The normalized spacial score (nSPS) is 10.3. The third-order valence-electron chi connectivity index (χ3n) is 1.91. The quantitative estimate of drug-likeness (QED) is 0.556. The fourth-order valence-corrected chi connectivity index (χ4v) is 1.36.